The van der Waals surface area contributed by atoms with E-state index in [1.165, 1.54) is 12.1 Å². The Morgan fingerprint density at radius 1 is 1.20 bits per heavy atom. The van der Waals surface area contributed by atoms with Gasteiger partial charge in [-0.3, -0.25) is 0 Å². The molecule has 0 amide bonds. The van der Waals surface area contributed by atoms with Crippen molar-refractivity contribution in [1.82, 2.24) is 0 Å². The molecule has 2 nitrogen and oxygen atoms in total. The Bertz CT molecular complexity index is 369. The highest BCUT2D eigenvalue weighted by Gasteiger charge is 2.35. The molecule has 1 aliphatic rings. The lowest BCUT2D eigenvalue weighted by molar-refractivity contribution is -0.137. The van der Waals surface area contributed by atoms with Gasteiger partial charge < -0.3 is 10.6 Å². The quantitative estimate of drug-likeness (QED) is 0.731. The first kappa shape index (κ1) is 10.1. The molecule has 2 N–H and O–H groups in total. The van der Waals surface area contributed by atoms with E-state index in [0.29, 0.717) is 18.8 Å². The molecule has 1 aromatic rings. The Labute approximate surface area is 85.5 Å². The van der Waals surface area contributed by atoms with E-state index < -0.39 is 11.7 Å². The summed E-state index contributed by atoms with van der Waals surface area (Å²) in [6.07, 6.45) is -3.37. The minimum atomic E-state index is -4.31. The highest BCUT2D eigenvalue weighted by molar-refractivity contribution is 5.63. The van der Waals surface area contributed by atoms with E-state index in [4.69, 9.17) is 5.73 Å². The average molecular weight is 216 g/mol. The fourth-order valence-corrected chi connectivity index (χ4v) is 1.61. The van der Waals surface area contributed by atoms with E-state index in [1.54, 1.807) is 4.90 Å². The van der Waals surface area contributed by atoms with Gasteiger partial charge in [-0.05, 0) is 24.6 Å². The standard InChI is InChI=1S/C10H11F3N2/c11-10(12,13)8-3-2-7(14)6-9(8)15-4-1-5-15/h2-3,6H,1,4-5,14H2. The number of hydrogen-bond donors (Lipinski definition) is 1. The van der Waals surface area contributed by atoms with Crippen molar-refractivity contribution in [1.29, 1.82) is 0 Å². The molecule has 0 spiro atoms. The van der Waals surface area contributed by atoms with Gasteiger partial charge in [-0.25, -0.2) is 0 Å². The van der Waals surface area contributed by atoms with Gasteiger partial charge in [-0.1, -0.05) is 0 Å². The van der Waals surface area contributed by atoms with Gasteiger partial charge in [0, 0.05) is 18.8 Å². The molecule has 15 heavy (non-hydrogen) atoms. The summed E-state index contributed by atoms with van der Waals surface area (Å²) in [6, 6.07) is 3.72. The highest BCUT2D eigenvalue weighted by Crippen LogP contribution is 2.38. The first-order valence-electron chi connectivity index (χ1n) is 4.70. The Balaban J connectivity index is 2.44. The smallest absolute Gasteiger partial charge is 0.399 e. The maximum atomic E-state index is 12.6. The maximum absolute atomic E-state index is 12.6. The fraction of sp³-hybridized carbons (Fsp3) is 0.400. The number of nitrogens with zero attached hydrogens (tertiary/aromatic N) is 1. The van der Waals surface area contributed by atoms with Crippen molar-refractivity contribution in [2.45, 2.75) is 12.6 Å². The molecule has 2 rings (SSSR count). The van der Waals surface area contributed by atoms with Crippen LogP contribution in [0.2, 0.25) is 0 Å². The molecular weight excluding hydrogens is 205 g/mol. The predicted octanol–water partition coefficient (Wildman–Crippen LogP) is 2.50. The Kier molecular flexibility index (Phi) is 2.25. The van der Waals surface area contributed by atoms with Gasteiger partial charge in [-0.2, -0.15) is 13.2 Å². The largest absolute Gasteiger partial charge is 0.418 e. The minimum Gasteiger partial charge on any atom is -0.399 e. The van der Waals surface area contributed by atoms with E-state index in [1.807, 2.05) is 0 Å². The normalized spacial score (nSPS) is 16.3. The molecule has 0 saturated carbocycles. The van der Waals surface area contributed by atoms with Crippen LogP contribution >= 0.6 is 0 Å². The van der Waals surface area contributed by atoms with Crippen LogP contribution in [0.1, 0.15) is 12.0 Å². The number of hydrogen-bond acceptors (Lipinski definition) is 2. The number of benzene rings is 1. The topological polar surface area (TPSA) is 29.3 Å². The molecule has 0 aromatic heterocycles. The van der Waals surface area contributed by atoms with Crippen LogP contribution in [0, 0.1) is 0 Å². The summed E-state index contributed by atoms with van der Waals surface area (Å²) in [6.45, 7) is 1.35. The zero-order valence-corrected chi connectivity index (χ0v) is 8.01. The first-order chi connectivity index (χ1) is 6.98. The molecule has 1 aliphatic heterocycles. The summed E-state index contributed by atoms with van der Waals surface area (Å²) in [4.78, 5) is 1.69. The van der Waals surface area contributed by atoms with E-state index in [9.17, 15) is 13.2 Å². The Hall–Kier alpha value is -1.39. The van der Waals surface area contributed by atoms with Crippen molar-refractivity contribution in [2.75, 3.05) is 23.7 Å². The van der Waals surface area contributed by atoms with Crippen LogP contribution in [-0.4, -0.2) is 13.1 Å². The van der Waals surface area contributed by atoms with Crippen molar-refractivity contribution in [3.8, 4) is 0 Å². The number of rotatable bonds is 1. The van der Waals surface area contributed by atoms with Crippen LogP contribution in [0.3, 0.4) is 0 Å². The van der Waals surface area contributed by atoms with Gasteiger partial charge in [0.05, 0.1) is 11.3 Å². The summed E-state index contributed by atoms with van der Waals surface area (Å²) in [5.41, 5.74) is 5.46. The Morgan fingerprint density at radius 2 is 1.87 bits per heavy atom. The molecule has 0 radical (unpaired) electrons. The Morgan fingerprint density at radius 3 is 2.33 bits per heavy atom. The van der Waals surface area contributed by atoms with Crippen molar-refractivity contribution < 1.29 is 13.2 Å². The van der Waals surface area contributed by atoms with Crippen LogP contribution in [0.5, 0.6) is 0 Å². The van der Waals surface area contributed by atoms with Gasteiger partial charge in [0.25, 0.3) is 0 Å². The second-order valence-corrected chi connectivity index (χ2v) is 3.61. The highest BCUT2D eigenvalue weighted by atomic mass is 19.4. The fourth-order valence-electron chi connectivity index (χ4n) is 1.61. The third-order valence-corrected chi connectivity index (χ3v) is 2.52. The number of alkyl halides is 3. The molecule has 1 heterocycles. The number of nitrogens with two attached hydrogens (primary N) is 1. The third-order valence-electron chi connectivity index (χ3n) is 2.52. The third kappa shape index (κ3) is 1.86. The van der Waals surface area contributed by atoms with Crippen LogP contribution in [0.25, 0.3) is 0 Å². The van der Waals surface area contributed by atoms with Crippen LogP contribution in [0.15, 0.2) is 18.2 Å². The molecule has 1 fully saturated rings. The average Bonchev–Trinajstić information content (AvgIpc) is 1.98. The monoisotopic (exact) mass is 216 g/mol. The second-order valence-electron chi connectivity index (χ2n) is 3.61. The van der Waals surface area contributed by atoms with E-state index in [-0.39, 0.29) is 5.69 Å². The molecule has 82 valence electrons. The van der Waals surface area contributed by atoms with Crippen molar-refractivity contribution in [2.24, 2.45) is 0 Å². The lowest BCUT2D eigenvalue weighted by Crippen LogP contribution is -2.38. The van der Waals surface area contributed by atoms with E-state index in [0.717, 1.165) is 12.5 Å². The molecular formula is C10H11F3N2. The van der Waals surface area contributed by atoms with Crippen molar-refractivity contribution in [3.63, 3.8) is 0 Å². The molecule has 1 saturated heterocycles. The molecule has 0 bridgehead atoms. The molecule has 5 heteroatoms. The molecule has 0 unspecified atom stereocenters. The van der Waals surface area contributed by atoms with Crippen molar-refractivity contribution >= 4 is 11.4 Å². The summed E-state index contributed by atoms with van der Waals surface area (Å²) < 4.78 is 37.9. The zero-order chi connectivity index (χ0) is 11.1. The summed E-state index contributed by atoms with van der Waals surface area (Å²) in [5.74, 6) is 0. The van der Waals surface area contributed by atoms with E-state index in [2.05, 4.69) is 0 Å². The lowest BCUT2D eigenvalue weighted by atomic mass is 10.1. The van der Waals surface area contributed by atoms with Gasteiger partial charge >= 0.3 is 6.18 Å². The van der Waals surface area contributed by atoms with Crippen LogP contribution in [-0.2, 0) is 6.18 Å². The van der Waals surface area contributed by atoms with Gasteiger partial charge in [0.1, 0.15) is 0 Å². The predicted molar refractivity (Wildman–Crippen MR) is 52.7 cm³/mol. The summed E-state index contributed by atoms with van der Waals surface area (Å²) in [7, 11) is 0. The minimum absolute atomic E-state index is 0.203. The number of halogens is 3. The maximum Gasteiger partial charge on any atom is 0.418 e. The molecule has 0 aliphatic carbocycles. The number of anilines is 2. The molecule has 1 aromatic carbocycles. The second kappa shape index (κ2) is 3.32. The first-order valence-corrected chi connectivity index (χ1v) is 4.70. The van der Waals surface area contributed by atoms with Gasteiger partial charge in [0.15, 0.2) is 0 Å². The van der Waals surface area contributed by atoms with Crippen molar-refractivity contribution in [3.05, 3.63) is 23.8 Å². The number of nitrogen functional groups attached to an aromatic ring is 1. The van der Waals surface area contributed by atoms with Gasteiger partial charge in [0.2, 0.25) is 0 Å². The zero-order valence-electron chi connectivity index (χ0n) is 8.01. The van der Waals surface area contributed by atoms with Crippen LogP contribution in [0.4, 0.5) is 24.5 Å². The lowest BCUT2D eigenvalue weighted by Gasteiger charge is -2.35. The molecule has 0 atom stereocenters. The summed E-state index contributed by atoms with van der Waals surface area (Å²) >= 11 is 0. The SMILES string of the molecule is Nc1ccc(C(F)(F)F)c(N2CCC2)c1. The van der Waals surface area contributed by atoms with E-state index >= 15 is 0 Å². The van der Waals surface area contributed by atoms with Crippen LogP contribution < -0.4 is 10.6 Å². The van der Waals surface area contributed by atoms with Gasteiger partial charge in [-0.15, -0.1) is 0 Å². The summed E-state index contributed by atoms with van der Waals surface area (Å²) in [5, 5.41) is 0.